The highest BCUT2D eigenvalue weighted by Crippen LogP contribution is 2.29. The molecule has 5 rings (SSSR count). The fourth-order valence-electron chi connectivity index (χ4n) is 3.58. The van der Waals surface area contributed by atoms with Crippen LogP contribution in [0.15, 0.2) is 59.6 Å². The van der Waals surface area contributed by atoms with Gasteiger partial charge in [-0.05, 0) is 61.3 Å². The first-order valence-electron chi connectivity index (χ1n) is 10.4. The van der Waals surface area contributed by atoms with E-state index in [1.807, 2.05) is 25.1 Å². The lowest BCUT2D eigenvalue weighted by molar-refractivity contribution is 0.0773. The van der Waals surface area contributed by atoms with Crippen molar-refractivity contribution in [3.05, 3.63) is 66.2 Å². The first-order valence-corrected chi connectivity index (χ1v) is 11.2. The van der Waals surface area contributed by atoms with Gasteiger partial charge in [-0.25, -0.2) is 13.7 Å². The molecule has 0 bridgehead atoms. The summed E-state index contributed by atoms with van der Waals surface area (Å²) in [6, 6.07) is 15.2. The number of hydrogen-bond acceptors (Lipinski definition) is 7. The predicted molar refractivity (Wildman–Crippen MR) is 126 cm³/mol. The largest absolute Gasteiger partial charge is 0.379 e. The number of nitrogens with zero attached hydrogens (tertiary/aromatic N) is 3. The van der Waals surface area contributed by atoms with Crippen LogP contribution in [0.25, 0.3) is 10.9 Å². The molecular weight excluding hydrogens is 427 g/mol. The molecule has 4 aromatic rings. The Morgan fingerprint density at radius 3 is 2.84 bits per heavy atom. The van der Waals surface area contributed by atoms with Crippen molar-refractivity contribution in [2.45, 2.75) is 11.8 Å². The number of benzene rings is 2. The van der Waals surface area contributed by atoms with Crippen molar-refractivity contribution in [1.82, 2.24) is 19.3 Å². The van der Waals surface area contributed by atoms with Gasteiger partial charge in [0.1, 0.15) is 5.82 Å². The number of rotatable bonds is 6. The first-order chi connectivity index (χ1) is 15.6. The highest BCUT2D eigenvalue weighted by Gasteiger charge is 2.13. The van der Waals surface area contributed by atoms with Gasteiger partial charge in [0.2, 0.25) is 5.95 Å². The molecule has 0 spiro atoms. The van der Waals surface area contributed by atoms with Crippen LogP contribution < -0.4 is 10.6 Å². The second kappa shape index (κ2) is 9.15. The number of aromatic amines is 1. The summed E-state index contributed by atoms with van der Waals surface area (Å²) in [5.41, 5.74) is 2.94. The molecule has 7 nitrogen and oxygen atoms in total. The Morgan fingerprint density at radius 2 is 1.97 bits per heavy atom. The average Bonchev–Trinajstić information content (AvgIpc) is 3.18. The molecule has 9 heteroatoms. The highest BCUT2D eigenvalue weighted by atomic mass is 32.2. The van der Waals surface area contributed by atoms with E-state index >= 15 is 0 Å². The molecule has 32 heavy (non-hydrogen) atoms. The summed E-state index contributed by atoms with van der Waals surface area (Å²) in [5, 5.41) is 6.85. The van der Waals surface area contributed by atoms with Crippen LogP contribution in [0.2, 0.25) is 0 Å². The molecule has 0 aliphatic carbocycles. The van der Waals surface area contributed by atoms with Crippen molar-refractivity contribution >= 4 is 46.0 Å². The molecule has 1 aliphatic rings. The molecule has 1 saturated heterocycles. The van der Waals surface area contributed by atoms with Crippen LogP contribution in [-0.2, 0) is 4.74 Å². The number of morpholine rings is 1. The summed E-state index contributed by atoms with van der Waals surface area (Å²) in [6.07, 6.45) is 1.64. The fourth-order valence-corrected chi connectivity index (χ4v) is 4.53. The van der Waals surface area contributed by atoms with Crippen LogP contribution >= 0.6 is 11.9 Å². The monoisotopic (exact) mass is 450 g/mol. The molecule has 2 aromatic heterocycles. The predicted octanol–water partition coefficient (Wildman–Crippen LogP) is 5.23. The topological polar surface area (TPSA) is 78.1 Å². The van der Waals surface area contributed by atoms with Gasteiger partial charge in [-0.15, -0.1) is 0 Å². The van der Waals surface area contributed by atoms with Crippen LogP contribution in [0.3, 0.4) is 0 Å². The Morgan fingerprint density at radius 1 is 1.09 bits per heavy atom. The zero-order valence-electron chi connectivity index (χ0n) is 17.6. The number of H-pyrrole nitrogens is 1. The number of anilines is 4. The molecular formula is C23H23FN6OS. The summed E-state index contributed by atoms with van der Waals surface area (Å²) in [5.74, 6) is 0.627. The Balaban J connectivity index is 1.30. The molecule has 0 amide bonds. The smallest absolute Gasteiger partial charge is 0.229 e. The van der Waals surface area contributed by atoms with Crippen LogP contribution in [0.4, 0.5) is 27.5 Å². The van der Waals surface area contributed by atoms with E-state index in [0.717, 1.165) is 48.1 Å². The standard InChI is InChI=1S/C23H23FN6OS/c1-15-13-18-19(26-15)5-6-20(22(18)24)28-21-7-8-25-23(29-21)27-16-3-2-4-17(14-16)32-30-9-11-31-12-10-30/h2-8,13-14,26H,9-12H2,1H3,(H2,25,27,28,29). The Kier molecular flexibility index (Phi) is 5.93. The van der Waals surface area contributed by atoms with Gasteiger partial charge in [0.25, 0.3) is 0 Å². The lowest BCUT2D eigenvalue weighted by Gasteiger charge is -2.25. The Hall–Kier alpha value is -3.14. The fraction of sp³-hybridized carbons (Fsp3) is 0.217. The molecule has 0 saturated carbocycles. The molecule has 3 heterocycles. The van der Waals surface area contributed by atoms with Gasteiger partial charge in [0.15, 0.2) is 5.82 Å². The van der Waals surface area contributed by atoms with Crippen LogP contribution in [0.1, 0.15) is 5.69 Å². The third-order valence-corrected chi connectivity index (χ3v) is 6.17. The zero-order valence-corrected chi connectivity index (χ0v) is 18.4. The van der Waals surface area contributed by atoms with Gasteiger partial charge in [-0.2, -0.15) is 4.98 Å². The van der Waals surface area contributed by atoms with Gasteiger partial charge in [-0.3, -0.25) is 0 Å². The minimum absolute atomic E-state index is 0.312. The summed E-state index contributed by atoms with van der Waals surface area (Å²) in [7, 11) is 0. The lowest BCUT2D eigenvalue weighted by Crippen LogP contribution is -2.30. The highest BCUT2D eigenvalue weighted by molar-refractivity contribution is 7.97. The number of nitrogens with one attached hydrogen (secondary N) is 3. The van der Waals surface area contributed by atoms with E-state index in [4.69, 9.17) is 4.74 Å². The van der Waals surface area contributed by atoms with E-state index in [1.165, 1.54) is 0 Å². The number of ether oxygens (including phenoxy) is 1. The molecule has 0 unspecified atom stereocenters. The quantitative estimate of drug-likeness (QED) is 0.347. The summed E-state index contributed by atoms with van der Waals surface area (Å²) in [6.45, 7) is 5.24. The van der Waals surface area contributed by atoms with Gasteiger partial charge >= 0.3 is 0 Å². The van der Waals surface area contributed by atoms with Gasteiger partial charge in [0.05, 0.1) is 18.9 Å². The number of hydrogen-bond donors (Lipinski definition) is 3. The van der Waals surface area contributed by atoms with E-state index in [-0.39, 0.29) is 5.82 Å². The number of fused-ring (bicyclic) bond motifs is 1. The minimum Gasteiger partial charge on any atom is -0.379 e. The number of aromatic nitrogens is 3. The molecule has 0 radical (unpaired) electrons. The maximum Gasteiger partial charge on any atom is 0.229 e. The van der Waals surface area contributed by atoms with E-state index in [2.05, 4.69) is 42.0 Å². The van der Waals surface area contributed by atoms with Crippen LogP contribution in [0, 0.1) is 12.7 Å². The first kappa shape index (κ1) is 20.7. The molecule has 1 aliphatic heterocycles. The molecule has 2 aromatic carbocycles. The van der Waals surface area contributed by atoms with E-state index in [1.54, 1.807) is 36.3 Å². The van der Waals surface area contributed by atoms with Crippen molar-refractivity contribution in [3.63, 3.8) is 0 Å². The third-order valence-electron chi connectivity index (χ3n) is 5.09. The zero-order chi connectivity index (χ0) is 21.9. The van der Waals surface area contributed by atoms with Crippen LogP contribution in [0.5, 0.6) is 0 Å². The third kappa shape index (κ3) is 4.69. The van der Waals surface area contributed by atoms with Crippen molar-refractivity contribution in [2.75, 3.05) is 36.9 Å². The average molecular weight is 451 g/mol. The summed E-state index contributed by atoms with van der Waals surface area (Å²) >= 11 is 1.71. The second-order valence-corrected chi connectivity index (χ2v) is 8.69. The summed E-state index contributed by atoms with van der Waals surface area (Å²) < 4.78 is 22.6. The maximum atomic E-state index is 14.9. The Bertz CT molecular complexity index is 1240. The maximum absolute atomic E-state index is 14.9. The number of aryl methyl sites for hydroxylation is 1. The van der Waals surface area contributed by atoms with E-state index in [9.17, 15) is 4.39 Å². The minimum atomic E-state index is -0.312. The SMILES string of the molecule is Cc1cc2c(F)c(Nc3ccnc(Nc4cccc(SN5CCOCC5)c4)n3)ccc2[nH]1. The number of halogens is 1. The van der Waals surface area contributed by atoms with E-state index < -0.39 is 0 Å². The molecule has 1 fully saturated rings. The normalized spacial score (nSPS) is 14.6. The second-order valence-electron chi connectivity index (χ2n) is 7.52. The van der Waals surface area contributed by atoms with Crippen molar-refractivity contribution in [2.24, 2.45) is 0 Å². The Labute approximate surface area is 189 Å². The van der Waals surface area contributed by atoms with E-state index in [0.29, 0.717) is 22.8 Å². The molecule has 3 N–H and O–H groups in total. The van der Waals surface area contributed by atoms with Crippen molar-refractivity contribution in [3.8, 4) is 0 Å². The lowest BCUT2D eigenvalue weighted by atomic mass is 10.2. The molecule has 0 atom stereocenters. The summed E-state index contributed by atoms with van der Waals surface area (Å²) in [4.78, 5) is 13.1. The van der Waals surface area contributed by atoms with Crippen molar-refractivity contribution < 1.29 is 9.13 Å². The van der Waals surface area contributed by atoms with Gasteiger partial charge in [0, 0.05) is 46.5 Å². The molecule has 164 valence electrons. The van der Waals surface area contributed by atoms with Crippen molar-refractivity contribution in [1.29, 1.82) is 0 Å². The van der Waals surface area contributed by atoms with Crippen LogP contribution in [-0.4, -0.2) is 45.6 Å². The van der Waals surface area contributed by atoms with Gasteiger partial charge in [-0.1, -0.05) is 6.07 Å². The van der Waals surface area contributed by atoms with Gasteiger partial charge < -0.3 is 20.4 Å².